The molecule has 0 saturated carbocycles. The van der Waals surface area contributed by atoms with Crippen molar-refractivity contribution in [3.05, 3.63) is 29.1 Å². The number of rotatable bonds is 2. The molecule has 3 heterocycles. The molecule has 1 atom stereocenters. The first-order valence-corrected chi connectivity index (χ1v) is 8.37. The fourth-order valence-corrected chi connectivity index (χ4v) is 3.43. The highest BCUT2D eigenvalue weighted by molar-refractivity contribution is 6.31. The fourth-order valence-electron chi connectivity index (χ4n) is 3.26. The summed E-state index contributed by atoms with van der Waals surface area (Å²) in [6, 6.07) is 4.65. The molecule has 0 radical (unpaired) electrons. The number of amides is 3. The Balaban J connectivity index is 1.41. The van der Waals surface area contributed by atoms with Gasteiger partial charge < -0.3 is 20.0 Å². The second-order valence-corrected chi connectivity index (χ2v) is 6.61. The summed E-state index contributed by atoms with van der Waals surface area (Å²) >= 11 is 5.98. The van der Waals surface area contributed by atoms with E-state index in [-0.39, 0.29) is 17.9 Å². The topological polar surface area (TPSA) is 87.5 Å². The number of nitrogens with one attached hydrogen (secondary N) is 2. The lowest BCUT2D eigenvalue weighted by Crippen LogP contribution is -2.48. The quantitative estimate of drug-likeness (QED) is 0.867. The number of aromatic nitrogens is 1. The smallest absolute Gasteiger partial charge is 0.315 e. The van der Waals surface area contributed by atoms with Crippen LogP contribution in [0.15, 0.2) is 22.6 Å². The average Bonchev–Trinajstić information content (AvgIpc) is 3.20. The van der Waals surface area contributed by atoms with Crippen molar-refractivity contribution in [1.29, 1.82) is 0 Å². The number of hydrogen-bond acceptors (Lipinski definition) is 4. The Morgan fingerprint density at radius 3 is 2.83 bits per heavy atom. The van der Waals surface area contributed by atoms with E-state index in [9.17, 15) is 9.59 Å². The van der Waals surface area contributed by atoms with E-state index in [0.717, 1.165) is 23.9 Å². The summed E-state index contributed by atoms with van der Waals surface area (Å²) in [5, 5.41) is 5.88. The first-order chi connectivity index (χ1) is 11.6. The third-order valence-corrected chi connectivity index (χ3v) is 4.83. The van der Waals surface area contributed by atoms with Crippen molar-refractivity contribution >= 4 is 34.6 Å². The molecule has 2 N–H and O–H groups in total. The van der Waals surface area contributed by atoms with Gasteiger partial charge in [-0.2, -0.15) is 0 Å². The van der Waals surface area contributed by atoms with Gasteiger partial charge in [0.1, 0.15) is 11.6 Å². The first kappa shape index (κ1) is 15.3. The minimum absolute atomic E-state index is 0.0313. The molecule has 0 bridgehead atoms. The van der Waals surface area contributed by atoms with Crippen molar-refractivity contribution in [3.8, 4) is 0 Å². The molecule has 7 nitrogen and oxygen atoms in total. The molecule has 2 aromatic rings. The van der Waals surface area contributed by atoms with E-state index in [4.69, 9.17) is 16.0 Å². The summed E-state index contributed by atoms with van der Waals surface area (Å²) in [5.74, 6) is 0.864. The summed E-state index contributed by atoms with van der Waals surface area (Å²) in [4.78, 5) is 29.9. The lowest BCUT2D eigenvalue weighted by Gasteiger charge is -2.32. The molecule has 0 spiro atoms. The van der Waals surface area contributed by atoms with Gasteiger partial charge in [0.05, 0.1) is 0 Å². The molecule has 2 aliphatic rings. The number of likely N-dealkylation sites (tertiary alicyclic amines) is 1. The van der Waals surface area contributed by atoms with E-state index in [0.29, 0.717) is 30.5 Å². The van der Waals surface area contributed by atoms with Gasteiger partial charge in [-0.3, -0.25) is 4.79 Å². The predicted molar refractivity (Wildman–Crippen MR) is 87.9 cm³/mol. The van der Waals surface area contributed by atoms with Crippen LogP contribution in [0.4, 0.5) is 4.79 Å². The molecule has 4 rings (SSSR count). The van der Waals surface area contributed by atoms with Crippen LogP contribution in [-0.4, -0.2) is 47.5 Å². The number of carbonyl (C=O) groups excluding carboxylic acids is 2. The van der Waals surface area contributed by atoms with Gasteiger partial charge >= 0.3 is 6.03 Å². The largest absolute Gasteiger partial charge is 0.440 e. The van der Waals surface area contributed by atoms with Gasteiger partial charge in [-0.1, -0.05) is 11.6 Å². The summed E-state index contributed by atoms with van der Waals surface area (Å²) in [5.41, 5.74) is 1.49. The minimum Gasteiger partial charge on any atom is -0.440 e. The lowest BCUT2D eigenvalue weighted by atomic mass is 9.96. The van der Waals surface area contributed by atoms with Crippen LogP contribution in [0.1, 0.15) is 24.7 Å². The van der Waals surface area contributed by atoms with Gasteiger partial charge in [-0.15, -0.1) is 0 Å². The van der Waals surface area contributed by atoms with Crippen LogP contribution in [0, 0.1) is 0 Å². The fraction of sp³-hybridized carbons (Fsp3) is 0.438. The van der Waals surface area contributed by atoms with E-state index in [1.165, 1.54) is 0 Å². The van der Waals surface area contributed by atoms with E-state index in [1.54, 1.807) is 17.0 Å². The van der Waals surface area contributed by atoms with Crippen molar-refractivity contribution in [2.75, 3.05) is 19.6 Å². The third-order valence-electron chi connectivity index (χ3n) is 4.59. The van der Waals surface area contributed by atoms with Crippen molar-refractivity contribution in [2.24, 2.45) is 0 Å². The van der Waals surface area contributed by atoms with Crippen LogP contribution in [0.25, 0.3) is 11.1 Å². The molecule has 2 aliphatic heterocycles. The van der Waals surface area contributed by atoms with Gasteiger partial charge in [-0.05, 0) is 31.0 Å². The summed E-state index contributed by atoms with van der Waals surface area (Å²) in [6.45, 7) is 1.62. The van der Waals surface area contributed by atoms with E-state index >= 15 is 0 Å². The molecule has 2 saturated heterocycles. The maximum absolute atomic E-state index is 12.4. The third kappa shape index (κ3) is 2.80. The zero-order valence-electron chi connectivity index (χ0n) is 12.9. The van der Waals surface area contributed by atoms with Crippen LogP contribution in [0.3, 0.4) is 0 Å². The number of fused-ring (bicyclic) bond motifs is 1. The Bertz CT molecular complexity index is 798. The van der Waals surface area contributed by atoms with Crippen molar-refractivity contribution in [2.45, 2.75) is 24.8 Å². The molecule has 0 unspecified atom stereocenters. The van der Waals surface area contributed by atoms with Crippen LogP contribution in [-0.2, 0) is 4.79 Å². The second kappa shape index (κ2) is 5.98. The molecule has 2 fully saturated rings. The Labute approximate surface area is 143 Å². The van der Waals surface area contributed by atoms with Crippen LogP contribution in [0.2, 0.25) is 5.02 Å². The van der Waals surface area contributed by atoms with E-state index in [1.807, 2.05) is 6.07 Å². The normalized spacial score (nSPS) is 21.8. The molecule has 126 valence electrons. The number of hydrogen-bond donors (Lipinski definition) is 2. The van der Waals surface area contributed by atoms with E-state index < -0.39 is 6.04 Å². The predicted octanol–water partition coefficient (Wildman–Crippen LogP) is 1.87. The van der Waals surface area contributed by atoms with Crippen LogP contribution in [0.5, 0.6) is 0 Å². The molecular weight excluding hydrogens is 332 g/mol. The Morgan fingerprint density at radius 1 is 1.33 bits per heavy atom. The highest BCUT2D eigenvalue weighted by Crippen LogP contribution is 2.31. The highest BCUT2D eigenvalue weighted by atomic mass is 35.5. The average molecular weight is 349 g/mol. The van der Waals surface area contributed by atoms with Crippen molar-refractivity contribution in [3.63, 3.8) is 0 Å². The first-order valence-electron chi connectivity index (χ1n) is 7.99. The Kier molecular flexibility index (Phi) is 3.80. The summed E-state index contributed by atoms with van der Waals surface area (Å²) in [6.07, 6.45) is 1.58. The Morgan fingerprint density at radius 2 is 2.12 bits per heavy atom. The van der Waals surface area contributed by atoms with Gasteiger partial charge in [0.2, 0.25) is 5.91 Å². The van der Waals surface area contributed by atoms with Gasteiger partial charge in [-0.25, -0.2) is 9.78 Å². The van der Waals surface area contributed by atoms with Crippen LogP contribution < -0.4 is 10.6 Å². The summed E-state index contributed by atoms with van der Waals surface area (Å²) in [7, 11) is 0. The molecule has 0 aliphatic carbocycles. The maximum Gasteiger partial charge on any atom is 0.315 e. The maximum atomic E-state index is 12.4. The monoisotopic (exact) mass is 348 g/mol. The zero-order valence-corrected chi connectivity index (χ0v) is 13.7. The SMILES string of the molecule is O=C1NC[C@@H](C(=O)N2CCC(c3nc4cc(Cl)ccc4o3)CC2)N1. The van der Waals surface area contributed by atoms with Gasteiger partial charge in [0, 0.05) is 30.6 Å². The van der Waals surface area contributed by atoms with Crippen molar-refractivity contribution < 1.29 is 14.0 Å². The minimum atomic E-state index is -0.458. The van der Waals surface area contributed by atoms with E-state index in [2.05, 4.69) is 15.6 Å². The van der Waals surface area contributed by atoms with Crippen LogP contribution >= 0.6 is 11.6 Å². The molecule has 24 heavy (non-hydrogen) atoms. The van der Waals surface area contributed by atoms with Crippen molar-refractivity contribution in [1.82, 2.24) is 20.5 Å². The Hall–Kier alpha value is -2.28. The molecule has 3 amide bonds. The van der Waals surface area contributed by atoms with Gasteiger partial charge in [0.25, 0.3) is 0 Å². The summed E-state index contributed by atoms with van der Waals surface area (Å²) < 4.78 is 5.83. The molecule has 1 aromatic heterocycles. The number of benzene rings is 1. The van der Waals surface area contributed by atoms with Gasteiger partial charge in [0.15, 0.2) is 11.5 Å². The number of halogens is 1. The number of nitrogens with zero attached hydrogens (tertiary/aromatic N) is 2. The number of piperidine rings is 1. The second-order valence-electron chi connectivity index (χ2n) is 6.17. The number of oxazole rings is 1. The lowest BCUT2D eigenvalue weighted by molar-refractivity contribution is -0.133. The molecular formula is C16H17ClN4O3. The molecule has 8 heteroatoms. The standard InChI is InChI=1S/C16H17ClN4O3/c17-10-1-2-13-11(7-10)19-14(24-13)9-3-5-21(6-4-9)15(22)12-8-18-16(23)20-12/h1-2,7,9,12H,3-6,8H2,(H2,18,20,23)/t12-/m0/s1. The highest BCUT2D eigenvalue weighted by Gasteiger charge is 2.33. The number of carbonyl (C=O) groups is 2. The zero-order chi connectivity index (χ0) is 16.7. The molecule has 1 aromatic carbocycles. The number of urea groups is 1.